The number of carbonyl (C=O) groups excluding carboxylic acids is 1. The average Bonchev–Trinajstić information content (AvgIpc) is 2.70. The Labute approximate surface area is 106 Å². The number of Topliss-reactive ketones (excluding diaryl/α,β-unsaturated/α-hetero) is 1. The highest BCUT2D eigenvalue weighted by Gasteiger charge is 2.31. The molecule has 0 spiro atoms. The third kappa shape index (κ3) is 2.05. The van der Waals surface area contributed by atoms with E-state index in [2.05, 4.69) is 9.97 Å². The Morgan fingerprint density at radius 2 is 2.11 bits per heavy atom. The predicted molar refractivity (Wildman–Crippen MR) is 65.3 cm³/mol. The standard InChI is InChI=1S/C12H14N2O3S/c15-11-3-1-2-10-9(11)6-13-12(14-10)8-4-5-18(16,17)7-8/h6,8H,1-5,7H2. The molecule has 0 bridgehead atoms. The van der Waals surface area contributed by atoms with Gasteiger partial charge in [-0.05, 0) is 19.3 Å². The molecule has 0 amide bonds. The van der Waals surface area contributed by atoms with Crippen LogP contribution in [0.15, 0.2) is 6.20 Å². The van der Waals surface area contributed by atoms with Gasteiger partial charge in [0.05, 0.1) is 22.8 Å². The van der Waals surface area contributed by atoms with Gasteiger partial charge in [-0.1, -0.05) is 0 Å². The van der Waals surface area contributed by atoms with Crippen LogP contribution in [-0.4, -0.2) is 35.7 Å². The molecule has 5 nitrogen and oxygen atoms in total. The fourth-order valence-corrected chi connectivity index (χ4v) is 4.34. The first-order valence-corrected chi connectivity index (χ1v) is 7.97. The molecule has 2 aliphatic rings. The van der Waals surface area contributed by atoms with Crippen molar-refractivity contribution in [2.75, 3.05) is 11.5 Å². The zero-order chi connectivity index (χ0) is 12.8. The maximum Gasteiger partial charge on any atom is 0.166 e. The lowest BCUT2D eigenvalue weighted by Gasteiger charge is -2.15. The lowest BCUT2D eigenvalue weighted by Crippen LogP contribution is -2.16. The minimum atomic E-state index is -2.92. The molecule has 1 fully saturated rings. The molecule has 1 aromatic rings. The number of hydrogen-bond acceptors (Lipinski definition) is 5. The normalized spacial score (nSPS) is 26.0. The van der Waals surface area contributed by atoms with Crippen molar-refractivity contribution < 1.29 is 13.2 Å². The number of aryl methyl sites for hydroxylation is 1. The molecule has 0 aromatic carbocycles. The molecule has 0 radical (unpaired) electrons. The summed E-state index contributed by atoms with van der Waals surface area (Å²) in [6, 6.07) is 0. The van der Waals surface area contributed by atoms with E-state index in [1.54, 1.807) is 6.20 Å². The molecule has 1 atom stereocenters. The lowest BCUT2D eigenvalue weighted by molar-refractivity contribution is 0.0971. The third-order valence-corrected chi connectivity index (χ3v) is 5.37. The molecule has 1 unspecified atom stereocenters. The van der Waals surface area contributed by atoms with Crippen LogP contribution >= 0.6 is 0 Å². The highest BCUT2D eigenvalue weighted by atomic mass is 32.2. The van der Waals surface area contributed by atoms with Crippen LogP contribution in [-0.2, 0) is 16.3 Å². The largest absolute Gasteiger partial charge is 0.294 e. The summed E-state index contributed by atoms with van der Waals surface area (Å²) < 4.78 is 22.9. The van der Waals surface area contributed by atoms with E-state index in [1.807, 2.05) is 0 Å². The van der Waals surface area contributed by atoms with Gasteiger partial charge >= 0.3 is 0 Å². The van der Waals surface area contributed by atoms with Crippen molar-refractivity contribution in [1.82, 2.24) is 9.97 Å². The Bertz CT molecular complexity index is 610. The van der Waals surface area contributed by atoms with Crippen LogP contribution in [0.4, 0.5) is 0 Å². The Balaban J connectivity index is 1.93. The van der Waals surface area contributed by atoms with Crippen LogP contribution in [0.5, 0.6) is 0 Å². The van der Waals surface area contributed by atoms with Gasteiger partial charge in [0.2, 0.25) is 0 Å². The predicted octanol–water partition coefficient (Wildman–Crippen LogP) is 0.898. The van der Waals surface area contributed by atoms with Crippen LogP contribution in [0.3, 0.4) is 0 Å². The fourth-order valence-electron chi connectivity index (χ4n) is 2.60. The highest BCUT2D eigenvalue weighted by Crippen LogP contribution is 2.28. The van der Waals surface area contributed by atoms with Crippen molar-refractivity contribution in [2.24, 2.45) is 0 Å². The molecule has 1 saturated heterocycles. The molecule has 18 heavy (non-hydrogen) atoms. The van der Waals surface area contributed by atoms with E-state index in [1.165, 1.54) is 0 Å². The summed E-state index contributed by atoms with van der Waals surface area (Å²) >= 11 is 0. The van der Waals surface area contributed by atoms with Crippen LogP contribution in [0, 0.1) is 0 Å². The zero-order valence-electron chi connectivity index (χ0n) is 9.92. The molecule has 3 rings (SSSR count). The smallest absolute Gasteiger partial charge is 0.166 e. The number of aromatic nitrogens is 2. The van der Waals surface area contributed by atoms with E-state index in [9.17, 15) is 13.2 Å². The lowest BCUT2D eigenvalue weighted by atomic mass is 9.95. The van der Waals surface area contributed by atoms with E-state index in [-0.39, 0.29) is 23.2 Å². The first-order chi connectivity index (χ1) is 8.55. The van der Waals surface area contributed by atoms with Gasteiger partial charge in [0.1, 0.15) is 5.82 Å². The van der Waals surface area contributed by atoms with Gasteiger partial charge in [0.15, 0.2) is 15.6 Å². The van der Waals surface area contributed by atoms with E-state index >= 15 is 0 Å². The maximum absolute atomic E-state index is 11.6. The second kappa shape index (κ2) is 4.12. The van der Waals surface area contributed by atoms with E-state index in [0.29, 0.717) is 24.2 Å². The Morgan fingerprint density at radius 3 is 2.83 bits per heavy atom. The molecule has 0 N–H and O–H groups in total. The van der Waals surface area contributed by atoms with E-state index in [0.717, 1.165) is 18.5 Å². The fraction of sp³-hybridized carbons (Fsp3) is 0.583. The topological polar surface area (TPSA) is 77.0 Å². The third-order valence-electron chi connectivity index (χ3n) is 3.60. The zero-order valence-corrected chi connectivity index (χ0v) is 10.7. The summed E-state index contributed by atoms with van der Waals surface area (Å²) in [4.78, 5) is 20.3. The van der Waals surface area contributed by atoms with E-state index < -0.39 is 9.84 Å². The number of sulfone groups is 1. The molecule has 0 saturated carbocycles. The maximum atomic E-state index is 11.6. The van der Waals surface area contributed by atoms with Crippen LogP contribution < -0.4 is 0 Å². The van der Waals surface area contributed by atoms with Gasteiger partial charge in [-0.25, -0.2) is 18.4 Å². The Hall–Kier alpha value is -1.30. The van der Waals surface area contributed by atoms with Gasteiger partial charge < -0.3 is 0 Å². The quantitative estimate of drug-likeness (QED) is 0.754. The highest BCUT2D eigenvalue weighted by molar-refractivity contribution is 7.91. The van der Waals surface area contributed by atoms with Gasteiger partial charge in [0.25, 0.3) is 0 Å². The van der Waals surface area contributed by atoms with Crippen molar-refractivity contribution >= 4 is 15.6 Å². The van der Waals surface area contributed by atoms with Crippen LogP contribution in [0.2, 0.25) is 0 Å². The molecule has 1 aliphatic carbocycles. The summed E-state index contributed by atoms with van der Waals surface area (Å²) in [6.45, 7) is 0. The number of hydrogen-bond donors (Lipinski definition) is 0. The summed E-state index contributed by atoms with van der Waals surface area (Å²) in [5, 5.41) is 0. The first kappa shape index (κ1) is 11.8. The molecular weight excluding hydrogens is 252 g/mol. The number of rotatable bonds is 1. The summed E-state index contributed by atoms with van der Waals surface area (Å²) in [7, 11) is -2.92. The summed E-state index contributed by atoms with van der Waals surface area (Å²) in [6.07, 6.45) is 4.34. The molecule has 1 aromatic heterocycles. The van der Waals surface area contributed by atoms with Crippen molar-refractivity contribution in [3.8, 4) is 0 Å². The second-order valence-corrected chi connectivity index (χ2v) is 7.19. The summed E-state index contributed by atoms with van der Waals surface area (Å²) in [5.74, 6) is 0.945. The average molecular weight is 266 g/mol. The second-order valence-electron chi connectivity index (χ2n) is 4.97. The van der Waals surface area contributed by atoms with Crippen molar-refractivity contribution in [1.29, 1.82) is 0 Å². The molecular formula is C12H14N2O3S. The first-order valence-electron chi connectivity index (χ1n) is 6.14. The van der Waals surface area contributed by atoms with Crippen molar-refractivity contribution in [3.63, 3.8) is 0 Å². The van der Waals surface area contributed by atoms with Gasteiger partial charge in [-0.3, -0.25) is 4.79 Å². The van der Waals surface area contributed by atoms with Crippen LogP contribution in [0.25, 0.3) is 0 Å². The van der Waals surface area contributed by atoms with Gasteiger partial charge in [-0.15, -0.1) is 0 Å². The molecule has 2 heterocycles. The number of ketones is 1. The number of carbonyl (C=O) groups is 1. The SMILES string of the molecule is O=C1CCCc2nc(C3CCS(=O)(=O)C3)ncc21. The van der Waals surface area contributed by atoms with Crippen molar-refractivity contribution in [2.45, 2.75) is 31.6 Å². The minimum Gasteiger partial charge on any atom is -0.294 e. The van der Waals surface area contributed by atoms with Gasteiger partial charge in [0, 0.05) is 18.5 Å². The molecule has 6 heteroatoms. The number of fused-ring (bicyclic) bond motifs is 1. The van der Waals surface area contributed by atoms with Crippen LogP contribution in [0.1, 0.15) is 47.1 Å². The Kier molecular flexibility index (Phi) is 2.69. The molecule has 96 valence electrons. The Morgan fingerprint density at radius 1 is 1.28 bits per heavy atom. The van der Waals surface area contributed by atoms with Gasteiger partial charge in [-0.2, -0.15) is 0 Å². The monoisotopic (exact) mass is 266 g/mol. The van der Waals surface area contributed by atoms with E-state index in [4.69, 9.17) is 0 Å². The number of nitrogens with zero attached hydrogens (tertiary/aromatic N) is 2. The summed E-state index contributed by atoms with van der Waals surface area (Å²) in [5.41, 5.74) is 1.41. The minimum absolute atomic E-state index is 0.0989. The molecule has 1 aliphatic heterocycles. The van der Waals surface area contributed by atoms with Crippen molar-refractivity contribution in [3.05, 3.63) is 23.3 Å².